The number of Topliss-reactive ketones (excluding diaryl/α,β-unsaturated/α-hetero) is 1. The molecule has 2 heteroatoms. The summed E-state index contributed by atoms with van der Waals surface area (Å²) >= 11 is 1.72. The Morgan fingerprint density at radius 2 is 1.75 bits per heavy atom. The maximum atomic E-state index is 12.7. The second-order valence-corrected chi connectivity index (χ2v) is 8.81. The molecule has 4 aliphatic rings. The minimum Gasteiger partial charge on any atom is -0.293 e. The van der Waals surface area contributed by atoms with Crippen molar-refractivity contribution in [2.75, 3.05) is 0 Å². The van der Waals surface area contributed by atoms with Crippen LogP contribution in [0.15, 0.2) is 12.1 Å². The average molecular weight is 288 g/mol. The fourth-order valence-corrected chi connectivity index (χ4v) is 6.54. The third-order valence-corrected chi connectivity index (χ3v) is 7.26. The standard InChI is InChI=1S/C18H24OS/c1-2-15-3-4-17(20-15)16(19)11-18-8-12-5-13(9-18)7-14(6-12)10-18/h3-4,12-14H,2,5-11H2,1H3. The number of hydrogen-bond donors (Lipinski definition) is 0. The molecule has 0 atom stereocenters. The molecule has 1 aromatic heterocycles. The molecule has 0 aliphatic heterocycles. The van der Waals surface area contributed by atoms with Gasteiger partial charge in [-0.25, -0.2) is 0 Å². The molecule has 5 rings (SSSR count). The monoisotopic (exact) mass is 288 g/mol. The number of rotatable bonds is 4. The average Bonchev–Trinajstić information content (AvgIpc) is 2.85. The van der Waals surface area contributed by atoms with Gasteiger partial charge in [-0.2, -0.15) is 0 Å². The van der Waals surface area contributed by atoms with Crippen molar-refractivity contribution in [2.45, 2.75) is 58.3 Å². The highest BCUT2D eigenvalue weighted by atomic mass is 32.1. The van der Waals surface area contributed by atoms with E-state index < -0.39 is 0 Å². The molecular weight excluding hydrogens is 264 g/mol. The Morgan fingerprint density at radius 1 is 1.15 bits per heavy atom. The van der Waals surface area contributed by atoms with Crippen molar-refractivity contribution in [3.05, 3.63) is 21.9 Å². The van der Waals surface area contributed by atoms with E-state index in [4.69, 9.17) is 0 Å². The Morgan fingerprint density at radius 3 is 2.25 bits per heavy atom. The summed E-state index contributed by atoms with van der Waals surface area (Å²) in [6.45, 7) is 2.17. The maximum Gasteiger partial charge on any atom is 0.173 e. The van der Waals surface area contributed by atoms with Gasteiger partial charge in [0.25, 0.3) is 0 Å². The molecule has 108 valence electrons. The van der Waals surface area contributed by atoms with E-state index in [0.29, 0.717) is 11.2 Å². The van der Waals surface area contributed by atoms with Crippen LogP contribution in [0.4, 0.5) is 0 Å². The van der Waals surface area contributed by atoms with Crippen LogP contribution in [0.3, 0.4) is 0 Å². The van der Waals surface area contributed by atoms with Gasteiger partial charge >= 0.3 is 0 Å². The highest BCUT2D eigenvalue weighted by molar-refractivity contribution is 7.14. The third-order valence-electron chi connectivity index (χ3n) is 5.99. The first kappa shape index (κ1) is 13.1. The van der Waals surface area contributed by atoms with Crippen LogP contribution in [0, 0.1) is 23.2 Å². The summed E-state index contributed by atoms with van der Waals surface area (Å²) in [5.41, 5.74) is 0.391. The van der Waals surface area contributed by atoms with E-state index >= 15 is 0 Å². The van der Waals surface area contributed by atoms with Crippen LogP contribution >= 0.6 is 11.3 Å². The van der Waals surface area contributed by atoms with E-state index in [9.17, 15) is 4.79 Å². The molecule has 0 aromatic carbocycles. The summed E-state index contributed by atoms with van der Waals surface area (Å²) in [6.07, 6.45) is 10.3. The zero-order chi connectivity index (χ0) is 13.7. The lowest BCUT2D eigenvalue weighted by atomic mass is 9.48. The number of hydrogen-bond acceptors (Lipinski definition) is 2. The zero-order valence-electron chi connectivity index (χ0n) is 12.4. The van der Waals surface area contributed by atoms with Gasteiger partial charge in [0, 0.05) is 11.3 Å². The van der Waals surface area contributed by atoms with Gasteiger partial charge in [0.05, 0.1) is 4.88 Å². The van der Waals surface area contributed by atoms with Gasteiger partial charge in [0.1, 0.15) is 0 Å². The lowest BCUT2D eigenvalue weighted by Gasteiger charge is -2.56. The Hall–Kier alpha value is -0.630. The molecule has 4 bridgehead atoms. The minimum atomic E-state index is 0.391. The molecule has 4 fully saturated rings. The van der Waals surface area contributed by atoms with Gasteiger partial charge in [0.2, 0.25) is 0 Å². The molecule has 4 saturated carbocycles. The first-order chi connectivity index (χ1) is 9.66. The molecule has 0 amide bonds. The number of carbonyl (C=O) groups is 1. The first-order valence-electron chi connectivity index (χ1n) is 8.28. The van der Waals surface area contributed by atoms with Gasteiger partial charge in [-0.15, -0.1) is 11.3 Å². The molecule has 1 heterocycles. The van der Waals surface area contributed by atoms with E-state index in [0.717, 1.165) is 35.5 Å². The van der Waals surface area contributed by atoms with E-state index in [-0.39, 0.29) is 0 Å². The van der Waals surface area contributed by atoms with Crippen LogP contribution in [0.5, 0.6) is 0 Å². The number of carbonyl (C=O) groups excluding carboxylic acids is 1. The molecule has 1 aromatic rings. The van der Waals surface area contributed by atoms with Crippen molar-refractivity contribution < 1.29 is 4.79 Å². The predicted molar refractivity (Wildman–Crippen MR) is 83.2 cm³/mol. The number of thiophene rings is 1. The van der Waals surface area contributed by atoms with Gasteiger partial charge < -0.3 is 0 Å². The largest absolute Gasteiger partial charge is 0.293 e. The molecule has 20 heavy (non-hydrogen) atoms. The van der Waals surface area contributed by atoms with Crippen molar-refractivity contribution in [1.82, 2.24) is 0 Å². The van der Waals surface area contributed by atoms with Crippen LogP contribution in [0.1, 0.15) is 66.4 Å². The molecule has 0 saturated heterocycles. The normalized spacial score (nSPS) is 38.4. The van der Waals surface area contributed by atoms with Gasteiger partial charge in [0.15, 0.2) is 5.78 Å². The Balaban J connectivity index is 1.52. The zero-order valence-corrected chi connectivity index (χ0v) is 13.2. The van der Waals surface area contributed by atoms with Crippen molar-refractivity contribution in [3.8, 4) is 0 Å². The summed E-state index contributed by atoms with van der Waals surface area (Å²) < 4.78 is 0. The highest BCUT2D eigenvalue weighted by Crippen LogP contribution is 2.61. The predicted octanol–water partition coefficient (Wildman–Crippen LogP) is 5.10. The fraction of sp³-hybridized carbons (Fsp3) is 0.722. The van der Waals surface area contributed by atoms with Gasteiger partial charge in [-0.1, -0.05) is 6.92 Å². The molecule has 0 unspecified atom stereocenters. The SMILES string of the molecule is CCc1ccc(C(=O)CC23CC4CC(CC(C4)C2)C3)s1. The molecule has 1 nitrogen and oxygen atoms in total. The number of aryl methyl sites for hydroxylation is 1. The van der Waals surface area contributed by atoms with E-state index in [2.05, 4.69) is 19.1 Å². The Labute approximate surface area is 125 Å². The van der Waals surface area contributed by atoms with E-state index in [1.54, 1.807) is 11.3 Å². The lowest BCUT2D eigenvalue weighted by Crippen LogP contribution is -2.46. The molecular formula is C18H24OS. The second-order valence-electron chi connectivity index (χ2n) is 7.64. The number of ketones is 1. The summed E-state index contributed by atoms with van der Waals surface area (Å²) in [5, 5.41) is 0. The quantitative estimate of drug-likeness (QED) is 0.704. The Bertz CT molecular complexity index is 492. The van der Waals surface area contributed by atoms with Crippen molar-refractivity contribution in [2.24, 2.45) is 23.2 Å². The van der Waals surface area contributed by atoms with Crippen molar-refractivity contribution in [3.63, 3.8) is 0 Å². The van der Waals surface area contributed by atoms with Crippen molar-refractivity contribution in [1.29, 1.82) is 0 Å². The maximum absolute atomic E-state index is 12.7. The summed E-state index contributed by atoms with van der Waals surface area (Å²) in [4.78, 5) is 15.0. The van der Waals surface area contributed by atoms with E-state index in [1.165, 1.54) is 43.4 Å². The summed E-state index contributed by atoms with van der Waals surface area (Å²) in [7, 11) is 0. The molecule has 0 spiro atoms. The molecule has 0 radical (unpaired) electrons. The Kier molecular flexibility index (Phi) is 3.06. The lowest BCUT2D eigenvalue weighted by molar-refractivity contribution is -0.0523. The van der Waals surface area contributed by atoms with Crippen LogP contribution in [0.2, 0.25) is 0 Å². The summed E-state index contributed by atoms with van der Waals surface area (Å²) in [6, 6.07) is 4.20. The van der Waals surface area contributed by atoms with Crippen LogP contribution < -0.4 is 0 Å². The smallest absolute Gasteiger partial charge is 0.173 e. The van der Waals surface area contributed by atoms with Crippen LogP contribution in [-0.2, 0) is 6.42 Å². The fourth-order valence-electron chi connectivity index (χ4n) is 5.65. The molecule has 4 aliphatic carbocycles. The second kappa shape index (κ2) is 4.69. The highest BCUT2D eigenvalue weighted by Gasteiger charge is 2.51. The van der Waals surface area contributed by atoms with E-state index in [1.807, 2.05) is 0 Å². The molecule has 0 N–H and O–H groups in total. The van der Waals surface area contributed by atoms with Crippen LogP contribution in [0.25, 0.3) is 0 Å². The van der Waals surface area contributed by atoms with Crippen molar-refractivity contribution >= 4 is 17.1 Å². The topological polar surface area (TPSA) is 17.1 Å². The van der Waals surface area contributed by atoms with Crippen LogP contribution in [-0.4, -0.2) is 5.78 Å². The van der Waals surface area contributed by atoms with Gasteiger partial charge in [-0.05, 0) is 80.2 Å². The minimum absolute atomic E-state index is 0.391. The first-order valence-corrected chi connectivity index (χ1v) is 9.09. The third kappa shape index (κ3) is 2.16. The summed E-state index contributed by atoms with van der Waals surface area (Å²) in [5.74, 6) is 3.27. The van der Waals surface area contributed by atoms with Gasteiger partial charge in [-0.3, -0.25) is 4.79 Å².